The first-order valence-corrected chi connectivity index (χ1v) is 16.9. The third-order valence-electron chi connectivity index (χ3n) is 8.48. The highest BCUT2D eigenvalue weighted by Crippen LogP contribution is 2.61. The van der Waals surface area contributed by atoms with Crippen LogP contribution in [0.25, 0.3) is 0 Å². The van der Waals surface area contributed by atoms with Gasteiger partial charge in [-0.25, -0.2) is 0 Å². The highest BCUT2D eigenvalue weighted by molar-refractivity contribution is 6.83. The number of aromatic nitrogens is 2. The van der Waals surface area contributed by atoms with Crippen LogP contribution in [0.1, 0.15) is 55.0 Å². The van der Waals surface area contributed by atoms with Crippen molar-refractivity contribution < 1.29 is 14.3 Å². The van der Waals surface area contributed by atoms with Crippen molar-refractivity contribution in [2.45, 2.75) is 76.0 Å². The first kappa shape index (κ1) is 26.4. The molecule has 1 saturated carbocycles. The van der Waals surface area contributed by atoms with Gasteiger partial charge in [-0.05, 0) is 37.8 Å². The summed E-state index contributed by atoms with van der Waals surface area (Å²) < 4.78 is 6.08. The Morgan fingerprint density at radius 2 is 1.68 bits per heavy atom. The van der Waals surface area contributed by atoms with Gasteiger partial charge in [-0.2, -0.15) is 5.10 Å². The number of carbonyl (C=O) groups is 2. The second-order valence-electron chi connectivity index (χ2n) is 12.2. The van der Waals surface area contributed by atoms with Crippen LogP contribution in [0.3, 0.4) is 0 Å². The number of hydrogen-bond acceptors (Lipinski definition) is 4. The zero-order chi connectivity index (χ0) is 27.1. The van der Waals surface area contributed by atoms with Crippen molar-refractivity contribution in [2.75, 3.05) is 11.9 Å². The molecule has 0 radical (unpaired) electrons. The number of nitrogens with zero attached hydrogens (tertiary/aromatic N) is 2. The number of hydrogen-bond donors (Lipinski definition) is 2. The van der Waals surface area contributed by atoms with Crippen LogP contribution < -0.4 is 5.32 Å². The molecule has 3 aromatic rings. The fraction of sp³-hybridized carbons (Fsp3) is 0.433. The van der Waals surface area contributed by atoms with Crippen LogP contribution in [0.15, 0.2) is 60.7 Å². The van der Waals surface area contributed by atoms with E-state index in [4.69, 9.17) is 4.74 Å². The molecular weight excluding hydrogens is 492 g/mol. The van der Waals surface area contributed by atoms with E-state index in [2.05, 4.69) is 35.2 Å². The molecule has 2 aliphatic rings. The minimum absolute atomic E-state index is 0.00287. The summed E-state index contributed by atoms with van der Waals surface area (Å²) >= 11 is 0. The number of benzene rings is 2. The van der Waals surface area contributed by atoms with Crippen molar-refractivity contribution in [1.29, 1.82) is 0 Å². The summed E-state index contributed by atoms with van der Waals surface area (Å²) in [5, 5.41) is 10.5. The number of nitrogens with one attached hydrogen (secondary N) is 2. The van der Waals surface area contributed by atoms with Crippen LogP contribution >= 0.6 is 0 Å². The van der Waals surface area contributed by atoms with Gasteiger partial charge in [0, 0.05) is 10.6 Å². The van der Waals surface area contributed by atoms with Crippen molar-refractivity contribution in [3.63, 3.8) is 0 Å². The van der Waals surface area contributed by atoms with Gasteiger partial charge in [-0.1, -0.05) is 80.3 Å². The van der Waals surface area contributed by atoms with Gasteiger partial charge in [-0.15, -0.1) is 0 Å². The lowest BCUT2D eigenvalue weighted by Crippen LogP contribution is -2.44. The van der Waals surface area contributed by atoms with E-state index in [1.54, 1.807) is 0 Å². The van der Waals surface area contributed by atoms with E-state index in [9.17, 15) is 9.59 Å². The van der Waals surface area contributed by atoms with Gasteiger partial charge in [0.05, 0.1) is 45.0 Å². The molecule has 0 bridgehead atoms. The van der Waals surface area contributed by atoms with Crippen LogP contribution in [-0.2, 0) is 33.0 Å². The van der Waals surface area contributed by atoms with E-state index in [-0.39, 0.29) is 23.5 Å². The molecule has 0 saturated heterocycles. The van der Waals surface area contributed by atoms with Gasteiger partial charge in [0.25, 0.3) is 0 Å². The molecule has 1 unspecified atom stereocenters. The van der Waals surface area contributed by atoms with Crippen molar-refractivity contribution in [2.24, 2.45) is 0 Å². The smallest absolute Gasteiger partial charge is 0.233 e. The molecule has 200 valence electrons. The number of H-pyrrole nitrogens is 1. The highest BCUT2D eigenvalue weighted by atomic mass is 28.3. The number of aromatic amines is 1. The Morgan fingerprint density at radius 3 is 2.29 bits per heavy atom. The average molecular weight is 531 g/mol. The van der Waals surface area contributed by atoms with Crippen molar-refractivity contribution in [3.8, 4) is 0 Å². The molecule has 1 atom stereocenters. The summed E-state index contributed by atoms with van der Waals surface area (Å²) in [5.41, 5.74) is 3.15. The van der Waals surface area contributed by atoms with Crippen LogP contribution in [0.4, 0.5) is 5.82 Å². The Labute approximate surface area is 226 Å². The maximum atomic E-state index is 14.1. The summed E-state index contributed by atoms with van der Waals surface area (Å²) in [5.74, 6) is 0.173. The first-order valence-electron chi connectivity index (χ1n) is 13.4. The molecule has 1 fully saturated rings. The van der Waals surface area contributed by atoms with E-state index in [1.165, 1.54) is 0 Å². The Hall–Kier alpha value is -3.23. The Morgan fingerprint density at radius 1 is 1.05 bits per heavy atom. The summed E-state index contributed by atoms with van der Waals surface area (Å²) in [6.45, 7) is 11.9. The van der Waals surface area contributed by atoms with Crippen LogP contribution in [0.5, 0.6) is 0 Å². The Bertz CT molecular complexity index is 1310. The molecule has 0 spiro atoms. The predicted octanol–water partition coefficient (Wildman–Crippen LogP) is 5.80. The lowest BCUT2D eigenvalue weighted by atomic mass is 9.95. The van der Waals surface area contributed by atoms with E-state index in [0.717, 1.165) is 35.2 Å². The van der Waals surface area contributed by atoms with Gasteiger partial charge in [0.15, 0.2) is 5.82 Å². The molecule has 7 nitrogen and oxygen atoms in total. The van der Waals surface area contributed by atoms with Crippen molar-refractivity contribution in [1.82, 2.24) is 15.1 Å². The van der Waals surface area contributed by atoms with Crippen LogP contribution in [-0.4, -0.2) is 41.6 Å². The summed E-state index contributed by atoms with van der Waals surface area (Å²) in [7, 11) is -1.67. The lowest BCUT2D eigenvalue weighted by Gasteiger charge is -2.34. The SMILES string of the molecule is CC1(C)c2[nH]nc(NC(=O)C3([Si](C)(C)C)CC3)c2CN1C(=O)C(COCc1ccccc1)c1ccccc1. The number of anilines is 1. The van der Waals surface area contributed by atoms with Crippen LogP contribution in [0.2, 0.25) is 24.7 Å². The normalized spacial score (nSPS) is 18.1. The molecule has 2 N–H and O–H groups in total. The van der Waals surface area contributed by atoms with Crippen LogP contribution in [0, 0.1) is 0 Å². The molecule has 1 aliphatic heterocycles. The monoisotopic (exact) mass is 530 g/mol. The second-order valence-corrected chi connectivity index (χ2v) is 17.6. The zero-order valence-electron chi connectivity index (χ0n) is 23.0. The topological polar surface area (TPSA) is 87.3 Å². The van der Waals surface area contributed by atoms with Crippen molar-refractivity contribution >= 4 is 25.7 Å². The largest absolute Gasteiger partial charge is 0.376 e. The zero-order valence-corrected chi connectivity index (χ0v) is 24.0. The molecule has 8 heteroatoms. The standard InChI is InChI=1S/C30H38N4O3Si/c1-29(2)25-23(26(33-32-25)31-28(36)30(16-17-30)38(3,4)5)18-34(29)27(35)24(22-14-10-7-11-15-22)20-37-19-21-12-8-6-9-13-21/h6-15,24H,16-20H2,1-5H3,(H2,31,32,33,36). The third kappa shape index (κ3) is 4.71. The first-order chi connectivity index (χ1) is 18.0. The van der Waals surface area contributed by atoms with Gasteiger partial charge in [0.1, 0.15) is 0 Å². The lowest BCUT2D eigenvalue weighted by molar-refractivity contribution is -0.140. The van der Waals surface area contributed by atoms with E-state index >= 15 is 0 Å². The number of rotatable bonds is 9. The van der Waals surface area contributed by atoms with Crippen molar-refractivity contribution in [3.05, 3.63) is 83.0 Å². The quantitative estimate of drug-likeness (QED) is 0.342. The number of amides is 2. The average Bonchev–Trinajstić information content (AvgIpc) is 3.56. The molecule has 38 heavy (non-hydrogen) atoms. The molecule has 1 aromatic heterocycles. The third-order valence-corrected chi connectivity index (χ3v) is 12.1. The van der Waals surface area contributed by atoms with E-state index < -0.39 is 19.5 Å². The second kappa shape index (κ2) is 9.82. The van der Waals surface area contributed by atoms with E-state index in [0.29, 0.717) is 19.0 Å². The fourth-order valence-corrected chi connectivity index (χ4v) is 8.06. The maximum Gasteiger partial charge on any atom is 0.233 e. The number of carbonyl (C=O) groups excluding carboxylic acids is 2. The Kier molecular flexibility index (Phi) is 6.82. The minimum Gasteiger partial charge on any atom is -0.376 e. The van der Waals surface area contributed by atoms with E-state index in [1.807, 2.05) is 79.4 Å². The van der Waals surface area contributed by atoms with Gasteiger partial charge in [-0.3, -0.25) is 14.7 Å². The predicted molar refractivity (Wildman–Crippen MR) is 151 cm³/mol. The van der Waals surface area contributed by atoms with Gasteiger partial charge >= 0.3 is 0 Å². The molecule has 5 rings (SSSR count). The molecule has 2 amide bonds. The molecule has 1 aliphatic carbocycles. The fourth-order valence-electron chi connectivity index (χ4n) is 5.69. The summed E-state index contributed by atoms with van der Waals surface area (Å²) in [4.78, 5) is 29.3. The molecular formula is C30H38N4O3Si. The van der Waals surface area contributed by atoms with Gasteiger partial charge < -0.3 is 15.0 Å². The summed E-state index contributed by atoms with van der Waals surface area (Å²) in [6, 6.07) is 19.8. The highest BCUT2D eigenvalue weighted by Gasteiger charge is 2.59. The Balaban J connectivity index is 1.35. The number of fused-ring (bicyclic) bond motifs is 1. The molecule has 2 aromatic carbocycles. The molecule has 2 heterocycles. The van der Waals surface area contributed by atoms with Gasteiger partial charge in [0.2, 0.25) is 11.8 Å². The summed E-state index contributed by atoms with van der Waals surface area (Å²) in [6.07, 6.45) is 1.89. The number of ether oxygens (including phenoxy) is 1. The minimum atomic E-state index is -1.67. The maximum absolute atomic E-state index is 14.1.